The molecule has 1 aliphatic rings. The van der Waals surface area contributed by atoms with Crippen molar-refractivity contribution in [1.29, 1.82) is 0 Å². The predicted molar refractivity (Wildman–Crippen MR) is 103 cm³/mol. The maximum Gasteiger partial charge on any atom is 0.224 e. The molecule has 0 unspecified atom stereocenters. The SMILES string of the molecule is COc1c(C)cc(N[C@H]2C[C@@H](C)N(C(C)=O)c3ccccc32)cc1C. The summed E-state index contributed by atoms with van der Waals surface area (Å²) in [5.41, 5.74) is 5.49. The zero-order valence-electron chi connectivity index (χ0n) is 15.6. The van der Waals surface area contributed by atoms with E-state index in [2.05, 4.69) is 44.3 Å². The number of methoxy groups -OCH3 is 1. The van der Waals surface area contributed by atoms with Crippen LogP contribution in [0.2, 0.25) is 0 Å². The van der Waals surface area contributed by atoms with Gasteiger partial charge < -0.3 is 15.0 Å². The van der Waals surface area contributed by atoms with Crippen LogP contribution in [-0.4, -0.2) is 19.1 Å². The Bertz CT molecular complexity index is 777. The lowest BCUT2D eigenvalue weighted by molar-refractivity contribution is -0.117. The summed E-state index contributed by atoms with van der Waals surface area (Å²) in [5.74, 6) is 1.03. The molecule has 2 atom stereocenters. The van der Waals surface area contributed by atoms with Gasteiger partial charge in [0.1, 0.15) is 5.75 Å². The highest BCUT2D eigenvalue weighted by Gasteiger charge is 2.32. The van der Waals surface area contributed by atoms with Gasteiger partial charge in [0.15, 0.2) is 0 Å². The lowest BCUT2D eigenvalue weighted by atomic mass is 9.91. The number of fused-ring (bicyclic) bond motifs is 1. The van der Waals surface area contributed by atoms with Crippen LogP contribution >= 0.6 is 0 Å². The summed E-state index contributed by atoms with van der Waals surface area (Å²) in [6.07, 6.45) is 0.876. The Balaban J connectivity index is 1.96. The number of rotatable bonds is 3. The maximum atomic E-state index is 12.1. The van der Waals surface area contributed by atoms with Crippen molar-refractivity contribution in [3.63, 3.8) is 0 Å². The summed E-state index contributed by atoms with van der Waals surface area (Å²) >= 11 is 0. The molecule has 0 aliphatic carbocycles. The molecule has 0 aromatic heterocycles. The molecule has 0 saturated heterocycles. The first-order valence-corrected chi connectivity index (χ1v) is 8.73. The van der Waals surface area contributed by atoms with Crippen molar-refractivity contribution in [3.8, 4) is 5.75 Å². The van der Waals surface area contributed by atoms with Gasteiger partial charge in [-0.05, 0) is 62.1 Å². The molecule has 2 aromatic carbocycles. The van der Waals surface area contributed by atoms with Crippen LogP contribution in [0.1, 0.15) is 43.0 Å². The number of amides is 1. The topological polar surface area (TPSA) is 41.6 Å². The van der Waals surface area contributed by atoms with E-state index in [1.54, 1.807) is 14.0 Å². The van der Waals surface area contributed by atoms with Gasteiger partial charge in [-0.2, -0.15) is 0 Å². The first-order valence-electron chi connectivity index (χ1n) is 8.73. The van der Waals surface area contributed by atoms with E-state index in [0.29, 0.717) is 0 Å². The van der Waals surface area contributed by atoms with Crippen LogP contribution < -0.4 is 15.0 Å². The summed E-state index contributed by atoms with van der Waals surface area (Å²) in [6.45, 7) is 7.87. The van der Waals surface area contributed by atoms with E-state index >= 15 is 0 Å². The first kappa shape index (κ1) is 17.3. The Labute approximate surface area is 149 Å². The van der Waals surface area contributed by atoms with Gasteiger partial charge in [0.05, 0.1) is 13.2 Å². The highest BCUT2D eigenvalue weighted by Crippen LogP contribution is 2.39. The van der Waals surface area contributed by atoms with Crippen molar-refractivity contribution in [2.45, 2.75) is 46.2 Å². The van der Waals surface area contributed by atoms with Crippen LogP contribution in [0.3, 0.4) is 0 Å². The molecule has 132 valence electrons. The largest absolute Gasteiger partial charge is 0.496 e. The van der Waals surface area contributed by atoms with Crippen molar-refractivity contribution < 1.29 is 9.53 Å². The monoisotopic (exact) mass is 338 g/mol. The second-order valence-corrected chi connectivity index (χ2v) is 6.87. The second kappa shape index (κ2) is 6.79. The number of hydrogen-bond acceptors (Lipinski definition) is 3. The van der Waals surface area contributed by atoms with Gasteiger partial charge in [-0.15, -0.1) is 0 Å². The van der Waals surface area contributed by atoms with E-state index in [4.69, 9.17) is 4.74 Å². The fraction of sp³-hybridized carbons (Fsp3) is 0.381. The molecule has 3 rings (SSSR count). The summed E-state index contributed by atoms with van der Waals surface area (Å²) in [4.78, 5) is 14.0. The highest BCUT2D eigenvalue weighted by molar-refractivity contribution is 5.93. The minimum Gasteiger partial charge on any atom is -0.496 e. The van der Waals surface area contributed by atoms with Gasteiger partial charge >= 0.3 is 0 Å². The molecule has 0 spiro atoms. The third kappa shape index (κ3) is 3.21. The van der Waals surface area contributed by atoms with Gasteiger partial charge in [-0.1, -0.05) is 18.2 Å². The molecule has 0 fully saturated rings. The fourth-order valence-electron chi connectivity index (χ4n) is 3.99. The number of hydrogen-bond donors (Lipinski definition) is 1. The molecular formula is C21H26N2O2. The normalized spacial score (nSPS) is 19.3. The van der Waals surface area contributed by atoms with Crippen molar-refractivity contribution in [2.24, 2.45) is 0 Å². The van der Waals surface area contributed by atoms with Crippen LogP contribution in [0, 0.1) is 13.8 Å². The Morgan fingerprint density at radius 1 is 1.20 bits per heavy atom. The molecule has 1 amide bonds. The summed E-state index contributed by atoms with van der Waals surface area (Å²) in [7, 11) is 1.71. The lowest BCUT2D eigenvalue weighted by Gasteiger charge is -2.39. The third-order valence-corrected chi connectivity index (χ3v) is 4.93. The van der Waals surface area contributed by atoms with Crippen molar-refractivity contribution in [1.82, 2.24) is 0 Å². The molecule has 4 heteroatoms. The van der Waals surface area contributed by atoms with Crippen molar-refractivity contribution in [3.05, 3.63) is 53.1 Å². The van der Waals surface area contributed by atoms with Crippen molar-refractivity contribution in [2.75, 3.05) is 17.3 Å². The van der Waals surface area contributed by atoms with Crippen LogP contribution in [0.5, 0.6) is 5.75 Å². The van der Waals surface area contributed by atoms with E-state index in [0.717, 1.165) is 34.7 Å². The van der Waals surface area contributed by atoms with E-state index in [9.17, 15) is 4.79 Å². The van der Waals surface area contributed by atoms with E-state index < -0.39 is 0 Å². The summed E-state index contributed by atoms with van der Waals surface area (Å²) in [5, 5.41) is 3.67. The van der Waals surface area contributed by atoms with Crippen LogP contribution in [0.15, 0.2) is 36.4 Å². The summed E-state index contributed by atoms with van der Waals surface area (Å²) in [6, 6.07) is 12.7. The molecule has 0 bridgehead atoms. The molecule has 0 saturated carbocycles. The van der Waals surface area contributed by atoms with Gasteiger partial charge in [-0.25, -0.2) is 0 Å². The molecule has 1 aliphatic heterocycles. The number of carbonyl (C=O) groups excluding carboxylic acids is 1. The molecule has 25 heavy (non-hydrogen) atoms. The predicted octanol–water partition coefficient (Wildman–Crippen LogP) is 4.61. The van der Waals surface area contributed by atoms with Crippen LogP contribution in [-0.2, 0) is 4.79 Å². The number of aryl methyl sites for hydroxylation is 2. The zero-order chi connectivity index (χ0) is 18.1. The Morgan fingerprint density at radius 3 is 2.44 bits per heavy atom. The third-order valence-electron chi connectivity index (χ3n) is 4.93. The number of benzene rings is 2. The molecule has 2 aromatic rings. The fourth-order valence-corrected chi connectivity index (χ4v) is 3.99. The minimum absolute atomic E-state index is 0.0922. The molecule has 0 radical (unpaired) electrons. The van der Waals surface area contributed by atoms with Gasteiger partial charge in [-0.3, -0.25) is 4.79 Å². The second-order valence-electron chi connectivity index (χ2n) is 6.87. The van der Waals surface area contributed by atoms with Gasteiger partial charge in [0.2, 0.25) is 5.91 Å². The van der Waals surface area contributed by atoms with Gasteiger partial charge in [0.25, 0.3) is 0 Å². The molecule has 1 N–H and O–H groups in total. The lowest BCUT2D eigenvalue weighted by Crippen LogP contribution is -2.43. The standard InChI is InChI=1S/C21H26N2O2/c1-13-10-17(11-14(2)21(13)25-5)22-19-12-15(3)23(16(4)24)20-9-7-6-8-18(19)20/h6-11,15,19,22H,12H2,1-5H3/t15-,19+/m1/s1. The Morgan fingerprint density at radius 2 is 1.84 bits per heavy atom. The van der Waals surface area contributed by atoms with Crippen LogP contribution in [0.25, 0.3) is 0 Å². The zero-order valence-corrected chi connectivity index (χ0v) is 15.6. The summed E-state index contributed by atoms with van der Waals surface area (Å²) < 4.78 is 5.46. The minimum atomic E-state index is 0.0922. The maximum absolute atomic E-state index is 12.1. The first-order chi connectivity index (χ1) is 11.9. The molecule has 4 nitrogen and oxygen atoms in total. The van der Waals surface area contributed by atoms with Crippen LogP contribution in [0.4, 0.5) is 11.4 Å². The number of anilines is 2. The number of para-hydroxylation sites is 1. The molecular weight excluding hydrogens is 312 g/mol. The van der Waals surface area contributed by atoms with Crippen molar-refractivity contribution >= 4 is 17.3 Å². The molecule has 1 heterocycles. The van der Waals surface area contributed by atoms with E-state index in [1.807, 2.05) is 23.1 Å². The Kier molecular flexibility index (Phi) is 4.71. The van der Waals surface area contributed by atoms with E-state index in [1.165, 1.54) is 5.56 Å². The number of carbonyl (C=O) groups is 1. The number of nitrogens with one attached hydrogen (secondary N) is 1. The highest BCUT2D eigenvalue weighted by atomic mass is 16.5. The average molecular weight is 338 g/mol. The average Bonchev–Trinajstić information content (AvgIpc) is 2.54. The van der Waals surface area contributed by atoms with Gasteiger partial charge in [0, 0.05) is 24.3 Å². The quantitative estimate of drug-likeness (QED) is 0.888. The van der Waals surface area contributed by atoms with E-state index in [-0.39, 0.29) is 18.0 Å². The number of nitrogens with zero attached hydrogens (tertiary/aromatic N) is 1. The smallest absolute Gasteiger partial charge is 0.224 e. The Hall–Kier alpha value is -2.49. The number of ether oxygens (including phenoxy) is 1.